The normalized spacial score (nSPS) is 10.5. The fourth-order valence-electron chi connectivity index (χ4n) is 1.94. The van der Waals surface area contributed by atoms with Crippen molar-refractivity contribution in [2.24, 2.45) is 5.73 Å². The van der Waals surface area contributed by atoms with Crippen LogP contribution in [0.5, 0.6) is 0 Å². The zero-order valence-electron chi connectivity index (χ0n) is 11.5. The molecule has 2 N–H and O–H groups in total. The minimum atomic E-state index is -0.431. The van der Waals surface area contributed by atoms with Gasteiger partial charge in [-0.15, -0.1) is 0 Å². The summed E-state index contributed by atoms with van der Waals surface area (Å²) in [6.45, 7) is 0.342. The van der Waals surface area contributed by atoms with Gasteiger partial charge in [-0.25, -0.2) is 4.39 Å². The maximum Gasteiger partial charge on any atom is 0.254 e. The van der Waals surface area contributed by atoms with Crippen molar-refractivity contribution in [2.75, 3.05) is 7.05 Å². The molecule has 110 valence electrons. The zero-order valence-corrected chi connectivity index (χ0v) is 12.3. The van der Waals surface area contributed by atoms with Crippen molar-refractivity contribution in [1.82, 2.24) is 9.88 Å². The fourth-order valence-corrected chi connectivity index (χ4v) is 2.16. The van der Waals surface area contributed by atoms with Crippen molar-refractivity contribution in [2.45, 2.75) is 13.1 Å². The highest BCUT2D eigenvalue weighted by Gasteiger charge is 2.16. The average molecular weight is 308 g/mol. The number of hydrogen-bond donors (Lipinski definition) is 1. The average Bonchev–Trinajstić information content (AvgIpc) is 2.50. The monoisotopic (exact) mass is 307 g/mol. The number of hydrogen-bond acceptors (Lipinski definition) is 3. The van der Waals surface area contributed by atoms with Gasteiger partial charge in [-0.3, -0.25) is 9.78 Å². The van der Waals surface area contributed by atoms with Gasteiger partial charge >= 0.3 is 0 Å². The van der Waals surface area contributed by atoms with Crippen LogP contribution in [0.2, 0.25) is 5.02 Å². The fraction of sp³-hybridized carbons (Fsp3) is 0.200. The Morgan fingerprint density at radius 3 is 2.86 bits per heavy atom. The maximum atomic E-state index is 13.7. The first-order chi connectivity index (χ1) is 10.0. The lowest BCUT2D eigenvalue weighted by atomic mass is 10.1. The molecule has 1 aromatic heterocycles. The number of nitrogens with zero attached hydrogens (tertiary/aromatic N) is 2. The second kappa shape index (κ2) is 6.65. The van der Waals surface area contributed by atoms with E-state index < -0.39 is 5.82 Å². The van der Waals surface area contributed by atoms with Crippen molar-refractivity contribution in [3.05, 3.63) is 64.2 Å². The lowest BCUT2D eigenvalue weighted by Gasteiger charge is -2.18. The third-order valence-electron chi connectivity index (χ3n) is 3.08. The summed E-state index contributed by atoms with van der Waals surface area (Å²) in [5.74, 6) is -0.675. The quantitative estimate of drug-likeness (QED) is 0.944. The van der Waals surface area contributed by atoms with Gasteiger partial charge in [-0.1, -0.05) is 17.7 Å². The van der Waals surface area contributed by atoms with Crippen molar-refractivity contribution >= 4 is 17.5 Å². The molecular weight excluding hydrogens is 293 g/mol. The number of carbonyl (C=O) groups is 1. The van der Waals surface area contributed by atoms with Crippen molar-refractivity contribution in [1.29, 1.82) is 0 Å². The molecule has 0 aliphatic rings. The molecule has 0 bridgehead atoms. The Morgan fingerprint density at radius 1 is 1.43 bits per heavy atom. The van der Waals surface area contributed by atoms with E-state index in [1.807, 2.05) is 0 Å². The smallest absolute Gasteiger partial charge is 0.254 e. The molecule has 6 heteroatoms. The molecular formula is C15H15ClFN3O. The third kappa shape index (κ3) is 3.56. The Labute approximate surface area is 127 Å². The van der Waals surface area contributed by atoms with E-state index in [1.165, 1.54) is 23.2 Å². The van der Waals surface area contributed by atoms with Crippen LogP contribution in [0, 0.1) is 5.82 Å². The molecule has 0 saturated heterocycles. The standard InChI is InChI=1S/C15H15ClFN3O/c1-20(9-12-13(16)3-2-4-14(12)17)15(21)10-5-6-19-11(7-10)8-18/h2-7H,8-9,18H2,1H3. The van der Waals surface area contributed by atoms with Crippen LogP contribution in [0.1, 0.15) is 21.6 Å². The van der Waals surface area contributed by atoms with Gasteiger partial charge in [0.05, 0.1) is 5.69 Å². The molecule has 0 radical (unpaired) electrons. The molecule has 21 heavy (non-hydrogen) atoms. The van der Waals surface area contributed by atoms with Crippen LogP contribution >= 0.6 is 11.6 Å². The van der Waals surface area contributed by atoms with Gasteiger partial charge in [-0.2, -0.15) is 0 Å². The second-order valence-corrected chi connectivity index (χ2v) is 5.01. The summed E-state index contributed by atoms with van der Waals surface area (Å²) < 4.78 is 13.7. The van der Waals surface area contributed by atoms with Crippen LogP contribution in [-0.2, 0) is 13.1 Å². The van der Waals surface area contributed by atoms with E-state index >= 15 is 0 Å². The van der Waals surface area contributed by atoms with E-state index in [9.17, 15) is 9.18 Å². The molecule has 1 heterocycles. The number of nitrogens with two attached hydrogens (primary N) is 1. The van der Waals surface area contributed by atoms with Gasteiger partial charge in [-0.05, 0) is 24.3 Å². The first-order valence-electron chi connectivity index (χ1n) is 6.36. The van der Waals surface area contributed by atoms with Gasteiger partial charge in [0.1, 0.15) is 5.82 Å². The van der Waals surface area contributed by atoms with Crippen LogP contribution in [0.25, 0.3) is 0 Å². The molecule has 0 spiro atoms. The highest BCUT2D eigenvalue weighted by molar-refractivity contribution is 6.31. The summed E-state index contributed by atoms with van der Waals surface area (Å²) in [5.41, 5.74) is 6.88. The van der Waals surface area contributed by atoms with E-state index in [0.29, 0.717) is 21.8 Å². The molecule has 0 aliphatic heterocycles. The molecule has 0 saturated carbocycles. The lowest BCUT2D eigenvalue weighted by molar-refractivity contribution is 0.0783. The molecule has 4 nitrogen and oxygen atoms in total. The molecule has 1 aromatic carbocycles. The number of rotatable bonds is 4. The highest BCUT2D eigenvalue weighted by Crippen LogP contribution is 2.21. The summed E-state index contributed by atoms with van der Waals surface area (Å²) in [6.07, 6.45) is 1.53. The van der Waals surface area contributed by atoms with Gasteiger partial charge in [0.25, 0.3) is 5.91 Å². The molecule has 0 unspecified atom stereocenters. The van der Waals surface area contributed by atoms with Crippen molar-refractivity contribution in [3.8, 4) is 0 Å². The van der Waals surface area contributed by atoms with Gasteiger partial charge in [0.2, 0.25) is 0 Å². The summed E-state index contributed by atoms with van der Waals surface area (Å²) in [6, 6.07) is 7.66. The number of carbonyl (C=O) groups excluding carboxylic acids is 1. The van der Waals surface area contributed by atoms with Gasteiger partial charge in [0.15, 0.2) is 0 Å². The first-order valence-corrected chi connectivity index (χ1v) is 6.74. The van der Waals surface area contributed by atoms with Gasteiger partial charge < -0.3 is 10.6 Å². The number of aromatic nitrogens is 1. The SMILES string of the molecule is CN(Cc1c(F)cccc1Cl)C(=O)c1ccnc(CN)c1. The largest absolute Gasteiger partial charge is 0.337 e. The summed E-state index contributed by atoms with van der Waals surface area (Å²) in [5, 5.41) is 0.298. The summed E-state index contributed by atoms with van der Waals surface area (Å²) >= 11 is 5.97. The number of halogens is 2. The number of amides is 1. The highest BCUT2D eigenvalue weighted by atomic mass is 35.5. The lowest BCUT2D eigenvalue weighted by Crippen LogP contribution is -2.27. The van der Waals surface area contributed by atoms with Crippen LogP contribution in [0.15, 0.2) is 36.5 Å². The molecule has 2 rings (SSSR count). The second-order valence-electron chi connectivity index (χ2n) is 4.60. The number of pyridine rings is 1. The predicted molar refractivity (Wildman–Crippen MR) is 79.3 cm³/mol. The van der Waals surface area contributed by atoms with E-state index in [0.717, 1.165) is 0 Å². The first kappa shape index (κ1) is 15.4. The Kier molecular flexibility index (Phi) is 4.88. The topological polar surface area (TPSA) is 59.2 Å². The van der Waals surface area contributed by atoms with E-state index in [-0.39, 0.29) is 19.0 Å². The Bertz CT molecular complexity index is 643. The minimum absolute atomic E-state index is 0.0879. The van der Waals surface area contributed by atoms with E-state index in [4.69, 9.17) is 17.3 Å². The zero-order chi connectivity index (χ0) is 15.4. The van der Waals surface area contributed by atoms with Gasteiger partial charge in [0, 0.05) is 42.5 Å². The summed E-state index contributed by atoms with van der Waals surface area (Å²) in [7, 11) is 1.59. The van der Waals surface area contributed by atoms with E-state index in [2.05, 4.69) is 4.98 Å². The van der Waals surface area contributed by atoms with E-state index in [1.54, 1.807) is 25.2 Å². The molecule has 0 fully saturated rings. The van der Waals surface area contributed by atoms with Crippen LogP contribution in [-0.4, -0.2) is 22.8 Å². The van der Waals surface area contributed by atoms with Crippen molar-refractivity contribution in [3.63, 3.8) is 0 Å². The Hall–Kier alpha value is -1.98. The van der Waals surface area contributed by atoms with Crippen molar-refractivity contribution < 1.29 is 9.18 Å². The van der Waals surface area contributed by atoms with Crippen LogP contribution < -0.4 is 5.73 Å². The summed E-state index contributed by atoms with van der Waals surface area (Å²) in [4.78, 5) is 17.8. The third-order valence-corrected chi connectivity index (χ3v) is 3.43. The van der Waals surface area contributed by atoms with Crippen LogP contribution in [0.3, 0.4) is 0 Å². The molecule has 0 aliphatic carbocycles. The number of benzene rings is 1. The molecule has 0 atom stereocenters. The Morgan fingerprint density at radius 2 is 2.19 bits per heavy atom. The maximum absolute atomic E-state index is 13.7. The molecule has 1 amide bonds. The Balaban J connectivity index is 2.19. The minimum Gasteiger partial charge on any atom is -0.337 e. The van der Waals surface area contributed by atoms with Crippen LogP contribution in [0.4, 0.5) is 4.39 Å². The molecule has 2 aromatic rings. The predicted octanol–water partition coefficient (Wildman–Crippen LogP) is 2.60.